The van der Waals surface area contributed by atoms with Crippen LogP contribution >= 0.6 is 0 Å². The first-order valence-electron chi connectivity index (χ1n) is 7.97. The number of azide groups is 1. The third-order valence-corrected chi connectivity index (χ3v) is 3.47. The number of nitrogens with zero attached hydrogens (tertiary/aromatic N) is 3. The third-order valence-electron chi connectivity index (χ3n) is 3.47. The average molecular weight is 318 g/mol. The van der Waals surface area contributed by atoms with Crippen molar-refractivity contribution in [2.45, 2.75) is 46.0 Å². The summed E-state index contributed by atoms with van der Waals surface area (Å²) < 4.78 is 5.24. The minimum absolute atomic E-state index is 0.0793. The lowest BCUT2D eigenvalue weighted by molar-refractivity contribution is -0.117. The molecular formula is C17H26N4O2. The number of carbonyl (C=O) groups excluding carboxylic acids is 1. The molecule has 0 spiro atoms. The molecule has 0 aliphatic rings. The van der Waals surface area contributed by atoms with Crippen molar-refractivity contribution in [3.63, 3.8) is 0 Å². The van der Waals surface area contributed by atoms with Gasteiger partial charge in [-0.3, -0.25) is 4.79 Å². The number of rotatable bonds is 9. The highest BCUT2D eigenvalue weighted by Gasteiger charge is 2.09. The molecule has 1 N–H and O–H groups in total. The summed E-state index contributed by atoms with van der Waals surface area (Å²) in [5.41, 5.74) is 11.4. The van der Waals surface area contributed by atoms with Crippen LogP contribution in [0.15, 0.2) is 23.3 Å². The molecule has 126 valence electrons. The predicted molar refractivity (Wildman–Crippen MR) is 92.7 cm³/mol. The number of anilines is 1. The summed E-state index contributed by atoms with van der Waals surface area (Å²) in [6, 6.07) is 6.25. The molecule has 23 heavy (non-hydrogen) atoms. The van der Waals surface area contributed by atoms with Crippen LogP contribution in [-0.2, 0) is 9.53 Å². The quantitative estimate of drug-likeness (QED) is 0.312. The van der Waals surface area contributed by atoms with Crippen LogP contribution in [-0.4, -0.2) is 25.7 Å². The van der Waals surface area contributed by atoms with Crippen LogP contribution < -0.4 is 5.32 Å². The van der Waals surface area contributed by atoms with Gasteiger partial charge in [-0.05, 0) is 40.6 Å². The molecule has 0 aliphatic heterocycles. The van der Waals surface area contributed by atoms with Crippen LogP contribution in [0, 0.1) is 0 Å². The van der Waals surface area contributed by atoms with Gasteiger partial charge in [0.15, 0.2) is 0 Å². The van der Waals surface area contributed by atoms with E-state index in [1.54, 1.807) is 0 Å². The van der Waals surface area contributed by atoms with E-state index in [9.17, 15) is 4.79 Å². The molecule has 0 fully saturated rings. The van der Waals surface area contributed by atoms with Gasteiger partial charge in [0.1, 0.15) is 0 Å². The Morgan fingerprint density at radius 1 is 1.17 bits per heavy atom. The summed E-state index contributed by atoms with van der Waals surface area (Å²) in [4.78, 5) is 14.6. The van der Waals surface area contributed by atoms with E-state index in [0.29, 0.717) is 25.0 Å². The second kappa shape index (κ2) is 9.87. The van der Waals surface area contributed by atoms with Crippen LogP contribution in [0.3, 0.4) is 0 Å². The van der Waals surface area contributed by atoms with Gasteiger partial charge in [0.25, 0.3) is 0 Å². The van der Waals surface area contributed by atoms with Crippen molar-refractivity contribution in [1.29, 1.82) is 0 Å². The number of carbonyl (C=O) groups is 1. The van der Waals surface area contributed by atoms with Crippen molar-refractivity contribution in [2.24, 2.45) is 5.11 Å². The SMILES string of the molecule is CC(C)c1cc(NC(=O)CCOCCN=[N+]=[N-])cc(C(C)C)c1. The highest BCUT2D eigenvalue weighted by Crippen LogP contribution is 2.26. The number of benzene rings is 1. The maximum atomic E-state index is 12.0. The van der Waals surface area contributed by atoms with Crippen molar-refractivity contribution in [3.05, 3.63) is 39.8 Å². The number of hydrogen-bond donors (Lipinski definition) is 1. The molecular weight excluding hydrogens is 292 g/mol. The summed E-state index contributed by atoms with van der Waals surface area (Å²) >= 11 is 0. The molecule has 0 saturated carbocycles. The smallest absolute Gasteiger partial charge is 0.226 e. The fraction of sp³-hybridized carbons (Fsp3) is 0.588. The number of ether oxygens (including phenoxy) is 1. The van der Waals surface area contributed by atoms with E-state index in [1.807, 2.05) is 12.1 Å². The van der Waals surface area contributed by atoms with Crippen LogP contribution in [0.5, 0.6) is 0 Å². The van der Waals surface area contributed by atoms with Gasteiger partial charge in [-0.15, -0.1) is 0 Å². The van der Waals surface area contributed by atoms with E-state index in [1.165, 1.54) is 11.1 Å². The highest BCUT2D eigenvalue weighted by atomic mass is 16.5. The van der Waals surface area contributed by atoms with Crippen molar-refractivity contribution in [2.75, 3.05) is 25.1 Å². The summed E-state index contributed by atoms with van der Waals surface area (Å²) in [6.07, 6.45) is 0.277. The first kappa shape index (κ1) is 19.0. The summed E-state index contributed by atoms with van der Waals surface area (Å²) in [6.45, 7) is 9.49. The summed E-state index contributed by atoms with van der Waals surface area (Å²) in [5.74, 6) is 0.742. The zero-order valence-electron chi connectivity index (χ0n) is 14.4. The van der Waals surface area contributed by atoms with Gasteiger partial charge in [-0.25, -0.2) is 0 Å². The van der Waals surface area contributed by atoms with E-state index in [-0.39, 0.29) is 18.9 Å². The van der Waals surface area contributed by atoms with E-state index >= 15 is 0 Å². The molecule has 0 heterocycles. The molecule has 0 atom stereocenters. The third kappa shape index (κ3) is 7.17. The van der Waals surface area contributed by atoms with E-state index in [2.05, 4.69) is 49.1 Å². The van der Waals surface area contributed by atoms with Crippen LogP contribution in [0.25, 0.3) is 10.4 Å². The molecule has 0 bridgehead atoms. The maximum Gasteiger partial charge on any atom is 0.226 e. The van der Waals surface area contributed by atoms with Crippen molar-refractivity contribution in [3.8, 4) is 0 Å². The van der Waals surface area contributed by atoms with Crippen LogP contribution in [0.1, 0.15) is 57.1 Å². The van der Waals surface area contributed by atoms with Crippen molar-refractivity contribution in [1.82, 2.24) is 0 Å². The Morgan fingerprint density at radius 2 is 1.78 bits per heavy atom. The van der Waals surface area contributed by atoms with Gasteiger partial charge in [-0.2, -0.15) is 0 Å². The van der Waals surface area contributed by atoms with E-state index < -0.39 is 0 Å². The number of nitrogens with one attached hydrogen (secondary N) is 1. The Bertz CT molecular complexity index is 537. The molecule has 0 radical (unpaired) electrons. The van der Waals surface area contributed by atoms with Crippen LogP contribution in [0.4, 0.5) is 5.69 Å². The second-order valence-electron chi connectivity index (χ2n) is 6.06. The lowest BCUT2D eigenvalue weighted by Gasteiger charge is -2.15. The maximum absolute atomic E-state index is 12.0. The molecule has 0 saturated heterocycles. The first-order chi connectivity index (χ1) is 10.9. The summed E-state index contributed by atoms with van der Waals surface area (Å²) in [7, 11) is 0. The number of amides is 1. The minimum Gasteiger partial charge on any atom is -0.381 e. The van der Waals surface area contributed by atoms with Gasteiger partial charge in [0.05, 0.1) is 19.6 Å². The van der Waals surface area contributed by atoms with Gasteiger partial charge < -0.3 is 10.1 Å². The highest BCUT2D eigenvalue weighted by molar-refractivity contribution is 5.91. The average Bonchev–Trinajstić information content (AvgIpc) is 2.50. The molecule has 0 aliphatic carbocycles. The molecule has 1 rings (SSSR count). The Balaban J connectivity index is 2.58. The molecule has 6 heteroatoms. The van der Waals surface area contributed by atoms with Gasteiger partial charge in [-0.1, -0.05) is 38.9 Å². The van der Waals surface area contributed by atoms with E-state index in [0.717, 1.165) is 5.69 Å². The van der Waals surface area contributed by atoms with Gasteiger partial charge in [0.2, 0.25) is 5.91 Å². The normalized spacial score (nSPS) is 10.7. The summed E-state index contributed by atoms with van der Waals surface area (Å²) in [5, 5.41) is 6.30. The molecule has 1 aromatic rings. The fourth-order valence-corrected chi connectivity index (χ4v) is 2.06. The largest absolute Gasteiger partial charge is 0.381 e. The molecule has 0 unspecified atom stereocenters. The Labute approximate surface area is 137 Å². The van der Waals surface area contributed by atoms with Crippen molar-refractivity contribution < 1.29 is 9.53 Å². The Kier molecular flexibility index (Phi) is 8.16. The molecule has 0 aromatic heterocycles. The minimum atomic E-state index is -0.0793. The van der Waals surface area contributed by atoms with Crippen molar-refractivity contribution >= 4 is 11.6 Å². The first-order valence-corrected chi connectivity index (χ1v) is 7.97. The van der Waals surface area contributed by atoms with Gasteiger partial charge in [0, 0.05) is 17.1 Å². The standard InChI is InChI=1S/C17H26N4O2/c1-12(2)14-9-15(13(3)4)11-16(10-14)20-17(22)5-7-23-8-6-19-21-18/h9-13H,5-8H2,1-4H3,(H,20,22). The Hall–Kier alpha value is -2.04. The van der Waals surface area contributed by atoms with Crippen LogP contribution in [0.2, 0.25) is 0 Å². The zero-order valence-corrected chi connectivity index (χ0v) is 14.4. The lowest BCUT2D eigenvalue weighted by Crippen LogP contribution is -2.15. The van der Waals surface area contributed by atoms with Gasteiger partial charge >= 0.3 is 0 Å². The Morgan fingerprint density at radius 3 is 2.30 bits per heavy atom. The predicted octanol–water partition coefficient (Wildman–Crippen LogP) is 4.59. The molecule has 6 nitrogen and oxygen atoms in total. The topological polar surface area (TPSA) is 87.1 Å². The monoisotopic (exact) mass is 318 g/mol. The number of hydrogen-bond acceptors (Lipinski definition) is 3. The molecule has 1 aromatic carbocycles. The molecule has 1 amide bonds. The van der Waals surface area contributed by atoms with E-state index in [4.69, 9.17) is 10.3 Å². The second-order valence-corrected chi connectivity index (χ2v) is 6.06. The fourth-order valence-electron chi connectivity index (χ4n) is 2.06. The zero-order chi connectivity index (χ0) is 17.2. The lowest BCUT2D eigenvalue weighted by atomic mass is 9.95.